The zero-order valence-corrected chi connectivity index (χ0v) is 19.9. The summed E-state index contributed by atoms with van der Waals surface area (Å²) in [6.45, 7) is 7.69. The van der Waals surface area contributed by atoms with Crippen molar-refractivity contribution in [1.82, 2.24) is 0 Å². The van der Waals surface area contributed by atoms with Crippen molar-refractivity contribution >= 4 is 6.47 Å². The third-order valence-corrected chi connectivity index (χ3v) is 7.78. The van der Waals surface area contributed by atoms with Crippen LogP contribution in [0.4, 0.5) is 0 Å². The highest BCUT2D eigenvalue weighted by Gasteiger charge is 2.44. The first-order valence-corrected chi connectivity index (χ1v) is 12.7. The Labute approximate surface area is 185 Å². The minimum atomic E-state index is -0.0698. The van der Waals surface area contributed by atoms with Crippen LogP contribution in [0.2, 0.25) is 0 Å². The summed E-state index contributed by atoms with van der Waals surface area (Å²) in [5, 5.41) is 0. The Hall–Kier alpha value is -1.31. The van der Waals surface area contributed by atoms with Gasteiger partial charge in [0.2, 0.25) is 0 Å². The van der Waals surface area contributed by atoms with E-state index in [0.717, 1.165) is 24.7 Å². The fourth-order valence-corrected chi connectivity index (χ4v) is 5.00. The van der Waals surface area contributed by atoms with Gasteiger partial charge in [-0.25, -0.2) is 0 Å². The summed E-state index contributed by atoms with van der Waals surface area (Å²) in [6.07, 6.45) is 20.6. The minimum Gasteiger partial charge on any atom is -0.461 e. The van der Waals surface area contributed by atoms with Crippen LogP contribution < -0.4 is 0 Å². The molecule has 0 spiro atoms. The highest BCUT2D eigenvalue weighted by atomic mass is 16.5. The van der Waals surface area contributed by atoms with Gasteiger partial charge in [-0.2, -0.15) is 0 Å². The molecule has 2 aliphatic rings. The second-order valence-corrected chi connectivity index (χ2v) is 10.7. The molecule has 2 saturated carbocycles. The van der Waals surface area contributed by atoms with Gasteiger partial charge in [0.1, 0.15) is 5.60 Å². The van der Waals surface area contributed by atoms with Gasteiger partial charge in [-0.3, -0.25) is 4.79 Å². The fourth-order valence-electron chi connectivity index (χ4n) is 5.00. The fraction of sp³-hybridized carbons (Fsp3) is 0.750. The van der Waals surface area contributed by atoms with Crippen LogP contribution in [0.5, 0.6) is 0 Å². The summed E-state index contributed by atoms with van der Waals surface area (Å²) < 4.78 is 5.25. The van der Waals surface area contributed by atoms with Crippen molar-refractivity contribution in [2.75, 3.05) is 0 Å². The topological polar surface area (TPSA) is 26.3 Å². The van der Waals surface area contributed by atoms with Crippen molar-refractivity contribution in [3.8, 4) is 0 Å². The SMILES string of the molecule is Cc1cc(CCCCCCC2(C)CC2)c(C)c(CCCCCCC2(OC=O)CC2)c1. The average molecular weight is 413 g/mol. The molecular formula is C28H44O2. The molecule has 2 heteroatoms. The van der Waals surface area contributed by atoms with Gasteiger partial charge >= 0.3 is 0 Å². The normalized spacial score (nSPS) is 18.2. The Morgan fingerprint density at radius 3 is 1.83 bits per heavy atom. The molecule has 0 aromatic heterocycles. The lowest BCUT2D eigenvalue weighted by molar-refractivity contribution is -0.135. The molecule has 0 heterocycles. The molecule has 30 heavy (non-hydrogen) atoms. The van der Waals surface area contributed by atoms with Gasteiger partial charge in [0, 0.05) is 0 Å². The lowest BCUT2D eigenvalue weighted by atomic mass is 9.92. The molecule has 2 aliphatic carbocycles. The van der Waals surface area contributed by atoms with E-state index in [1.165, 1.54) is 89.0 Å². The average Bonchev–Trinajstić information content (AvgIpc) is 3.63. The van der Waals surface area contributed by atoms with E-state index >= 15 is 0 Å². The summed E-state index contributed by atoms with van der Waals surface area (Å²) in [6, 6.07) is 4.83. The number of carbonyl (C=O) groups is 1. The number of carbonyl (C=O) groups excluding carboxylic acids is 1. The van der Waals surface area contributed by atoms with E-state index in [1.807, 2.05) is 0 Å². The van der Waals surface area contributed by atoms with Crippen molar-refractivity contribution in [1.29, 1.82) is 0 Å². The van der Waals surface area contributed by atoms with Gasteiger partial charge in [-0.15, -0.1) is 0 Å². The molecule has 0 unspecified atom stereocenters. The maximum Gasteiger partial charge on any atom is 0.293 e. The summed E-state index contributed by atoms with van der Waals surface area (Å²) >= 11 is 0. The Bertz CT molecular complexity index is 682. The van der Waals surface area contributed by atoms with E-state index in [2.05, 4.69) is 32.9 Å². The second kappa shape index (κ2) is 10.8. The monoisotopic (exact) mass is 412 g/mol. The van der Waals surface area contributed by atoms with Crippen LogP contribution in [0.25, 0.3) is 0 Å². The van der Waals surface area contributed by atoms with Gasteiger partial charge < -0.3 is 4.74 Å². The van der Waals surface area contributed by atoms with Crippen LogP contribution in [0, 0.1) is 19.3 Å². The number of hydrogen-bond acceptors (Lipinski definition) is 2. The highest BCUT2D eigenvalue weighted by molar-refractivity contribution is 5.39. The standard InChI is InChI=1S/C28H44O2/c1-23-20-25(12-8-4-6-10-14-27(3)16-17-27)24(2)26(21-23)13-9-5-7-11-15-28(18-19-28)30-22-29/h20-22H,4-19H2,1-3H3. The first-order chi connectivity index (χ1) is 14.5. The zero-order chi connectivity index (χ0) is 21.5. The van der Waals surface area contributed by atoms with Crippen LogP contribution in [-0.2, 0) is 22.4 Å². The van der Waals surface area contributed by atoms with Gasteiger partial charge in [-0.05, 0) is 107 Å². The van der Waals surface area contributed by atoms with Crippen LogP contribution in [0.15, 0.2) is 12.1 Å². The van der Waals surface area contributed by atoms with E-state index in [4.69, 9.17) is 4.74 Å². The first kappa shape index (κ1) is 23.4. The maximum atomic E-state index is 10.6. The highest BCUT2D eigenvalue weighted by Crippen LogP contribution is 2.49. The van der Waals surface area contributed by atoms with Crippen LogP contribution in [0.3, 0.4) is 0 Å². The molecule has 0 amide bonds. The lowest BCUT2D eigenvalue weighted by Crippen LogP contribution is -2.12. The maximum absolute atomic E-state index is 10.6. The largest absolute Gasteiger partial charge is 0.461 e. The Kier molecular flexibility index (Phi) is 8.43. The molecule has 1 aromatic rings. The number of ether oxygens (including phenoxy) is 1. The zero-order valence-electron chi connectivity index (χ0n) is 19.9. The summed E-state index contributed by atoms with van der Waals surface area (Å²) in [5.41, 5.74) is 6.77. The van der Waals surface area contributed by atoms with Gasteiger partial charge in [-0.1, -0.05) is 56.7 Å². The molecular weight excluding hydrogens is 368 g/mol. The van der Waals surface area contributed by atoms with E-state index in [1.54, 1.807) is 16.7 Å². The lowest BCUT2D eigenvalue weighted by Gasteiger charge is -2.14. The van der Waals surface area contributed by atoms with E-state index < -0.39 is 0 Å². The number of hydrogen-bond donors (Lipinski definition) is 0. The van der Waals surface area contributed by atoms with Crippen molar-refractivity contribution in [2.24, 2.45) is 5.41 Å². The smallest absolute Gasteiger partial charge is 0.293 e. The number of aryl methyl sites for hydroxylation is 3. The van der Waals surface area contributed by atoms with Gasteiger partial charge in [0.15, 0.2) is 0 Å². The molecule has 0 bridgehead atoms. The Morgan fingerprint density at radius 2 is 1.33 bits per heavy atom. The van der Waals surface area contributed by atoms with Crippen molar-refractivity contribution < 1.29 is 9.53 Å². The van der Waals surface area contributed by atoms with E-state index in [9.17, 15) is 4.79 Å². The first-order valence-electron chi connectivity index (χ1n) is 12.7. The van der Waals surface area contributed by atoms with Crippen molar-refractivity contribution in [3.63, 3.8) is 0 Å². The predicted octanol–water partition coefficient (Wildman–Crippen LogP) is 7.80. The molecule has 168 valence electrons. The summed E-state index contributed by atoms with van der Waals surface area (Å²) in [5.74, 6) is 0. The molecule has 3 rings (SSSR count). The van der Waals surface area contributed by atoms with E-state index in [-0.39, 0.29) is 5.60 Å². The second-order valence-electron chi connectivity index (χ2n) is 10.7. The van der Waals surface area contributed by atoms with Crippen molar-refractivity contribution in [3.05, 3.63) is 34.4 Å². The molecule has 0 radical (unpaired) electrons. The number of rotatable bonds is 16. The van der Waals surface area contributed by atoms with Crippen LogP contribution in [-0.4, -0.2) is 12.1 Å². The van der Waals surface area contributed by atoms with Crippen LogP contribution in [0.1, 0.15) is 119 Å². The molecule has 2 fully saturated rings. The number of unbranched alkanes of at least 4 members (excludes halogenated alkanes) is 6. The quantitative estimate of drug-likeness (QED) is 0.204. The summed E-state index contributed by atoms with van der Waals surface area (Å²) in [7, 11) is 0. The van der Waals surface area contributed by atoms with Gasteiger partial charge in [0.25, 0.3) is 6.47 Å². The molecule has 0 saturated heterocycles. The molecule has 2 nitrogen and oxygen atoms in total. The third kappa shape index (κ3) is 7.43. The van der Waals surface area contributed by atoms with E-state index in [0.29, 0.717) is 6.47 Å². The van der Waals surface area contributed by atoms with Crippen LogP contribution >= 0.6 is 0 Å². The molecule has 1 aromatic carbocycles. The number of benzene rings is 1. The predicted molar refractivity (Wildman–Crippen MR) is 126 cm³/mol. The Morgan fingerprint density at radius 1 is 0.800 bits per heavy atom. The van der Waals surface area contributed by atoms with Crippen molar-refractivity contribution in [2.45, 2.75) is 129 Å². The summed E-state index contributed by atoms with van der Waals surface area (Å²) in [4.78, 5) is 10.6. The third-order valence-electron chi connectivity index (χ3n) is 7.78. The molecule has 0 aliphatic heterocycles. The Balaban J connectivity index is 1.32. The molecule has 0 atom stereocenters. The minimum absolute atomic E-state index is 0.0698. The molecule has 0 N–H and O–H groups in total. The van der Waals surface area contributed by atoms with Gasteiger partial charge in [0.05, 0.1) is 0 Å².